The number of carbonyl (C=O) groups is 1. The van der Waals surface area contributed by atoms with Crippen molar-refractivity contribution in [2.45, 2.75) is 25.7 Å². The molecule has 1 saturated carbocycles. The molecule has 2 fully saturated rings. The first-order valence-electron chi connectivity index (χ1n) is 10.8. The second-order valence-corrected chi connectivity index (χ2v) is 8.28. The smallest absolute Gasteiger partial charge is 0.276 e. The Kier molecular flexibility index (Phi) is 5.38. The van der Waals surface area contributed by atoms with E-state index in [1.807, 2.05) is 24.3 Å². The van der Waals surface area contributed by atoms with Crippen LogP contribution in [0.5, 0.6) is 0 Å². The quantitative estimate of drug-likeness (QED) is 0.669. The molecule has 1 aliphatic heterocycles. The number of carbonyl (C=O) groups excluding carboxylic acids is 1. The summed E-state index contributed by atoms with van der Waals surface area (Å²) in [5.74, 6) is 0.304. The van der Waals surface area contributed by atoms with Crippen molar-refractivity contribution in [3.8, 4) is 11.1 Å². The van der Waals surface area contributed by atoms with Crippen LogP contribution in [0.2, 0.25) is 0 Å². The van der Waals surface area contributed by atoms with E-state index in [1.54, 1.807) is 6.20 Å². The molecule has 6 nitrogen and oxygen atoms in total. The number of morpholine rings is 1. The maximum atomic E-state index is 12.8. The maximum Gasteiger partial charge on any atom is 0.276 e. The summed E-state index contributed by atoms with van der Waals surface area (Å²) < 4.78 is 5.48. The van der Waals surface area contributed by atoms with E-state index in [2.05, 4.69) is 51.6 Å². The second-order valence-electron chi connectivity index (χ2n) is 8.28. The van der Waals surface area contributed by atoms with Crippen LogP contribution < -0.4 is 10.2 Å². The fourth-order valence-corrected chi connectivity index (χ4v) is 4.03. The highest BCUT2D eigenvalue weighted by Crippen LogP contribution is 2.39. The number of nitrogens with one attached hydrogen (secondary N) is 1. The molecule has 6 heteroatoms. The van der Waals surface area contributed by atoms with Crippen LogP contribution in [0.3, 0.4) is 0 Å². The predicted molar refractivity (Wildman–Crippen MR) is 122 cm³/mol. The number of amides is 1. The van der Waals surface area contributed by atoms with Crippen LogP contribution in [0.1, 0.15) is 40.4 Å². The Morgan fingerprint density at radius 1 is 1.10 bits per heavy atom. The van der Waals surface area contributed by atoms with E-state index < -0.39 is 0 Å². The van der Waals surface area contributed by atoms with E-state index in [9.17, 15) is 4.79 Å². The highest BCUT2D eigenvalue weighted by atomic mass is 16.5. The molecule has 2 aliphatic rings. The van der Waals surface area contributed by atoms with Crippen LogP contribution in [-0.2, 0) is 4.74 Å². The Labute approximate surface area is 182 Å². The first kappa shape index (κ1) is 19.7. The van der Waals surface area contributed by atoms with Crippen LogP contribution in [0.4, 0.5) is 11.4 Å². The van der Waals surface area contributed by atoms with Crippen molar-refractivity contribution in [1.29, 1.82) is 0 Å². The molecule has 1 amide bonds. The molecule has 2 heterocycles. The molecule has 0 radical (unpaired) electrons. The zero-order valence-corrected chi connectivity index (χ0v) is 17.7. The van der Waals surface area contributed by atoms with Gasteiger partial charge in [-0.05, 0) is 78.3 Å². The number of hydrogen-bond acceptors (Lipinski definition) is 5. The normalized spacial score (nSPS) is 16.2. The number of nitrogens with zero attached hydrogens (tertiary/aromatic N) is 3. The molecule has 0 bridgehead atoms. The lowest BCUT2D eigenvalue weighted by Crippen LogP contribution is -2.36. The lowest BCUT2D eigenvalue weighted by molar-refractivity contribution is 0.102. The summed E-state index contributed by atoms with van der Waals surface area (Å²) in [6.07, 6.45) is 4.09. The monoisotopic (exact) mass is 414 g/mol. The van der Waals surface area contributed by atoms with E-state index in [0.29, 0.717) is 11.6 Å². The summed E-state index contributed by atoms with van der Waals surface area (Å²) in [6.45, 7) is 5.41. The van der Waals surface area contributed by atoms with E-state index in [-0.39, 0.29) is 5.91 Å². The van der Waals surface area contributed by atoms with Crippen LogP contribution in [0, 0.1) is 6.92 Å². The first-order chi connectivity index (χ1) is 15.2. The summed E-state index contributed by atoms with van der Waals surface area (Å²) >= 11 is 0. The van der Waals surface area contributed by atoms with E-state index in [0.717, 1.165) is 67.1 Å². The van der Waals surface area contributed by atoms with Gasteiger partial charge >= 0.3 is 0 Å². The Hall–Kier alpha value is -3.25. The Morgan fingerprint density at radius 3 is 2.74 bits per heavy atom. The molecule has 0 spiro atoms. The molecule has 1 N–H and O–H groups in total. The second kappa shape index (κ2) is 8.47. The largest absolute Gasteiger partial charge is 0.378 e. The molecule has 2 aromatic carbocycles. The van der Waals surface area contributed by atoms with Crippen molar-refractivity contribution in [2.75, 3.05) is 36.5 Å². The summed E-state index contributed by atoms with van der Waals surface area (Å²) in [4.78, 5) is 15.1. The van der Waals surface area contributed by atoms with Gasteiger partial charge in [0.15, 0.2) is 5.69 Å². The molecule has 5 rings (SSSR count). The minimum Gasteiger partial charge on any atom is -0.378 e. The number of hydrogen-bond donors (Lipinski definition) is 1. The summed E-state index contributed by atoms with van der Waals surface area (Å²) in [5, 5.41) is 11.0. The van der Waals surface area contributed by atoms with Gasteiger partial charge in [-0.1, -0.05) is 18.2 Å². The Balaban J connectivity index is 1.38. The standard InChI is InChI=1S/C25H26N4O2/c1-17-5-8-21(27-25(30)24-14-20(16-26-28-24)18-6-7-18)15-23(17)19-3-2-4-22(13-19)29-9-11-31-12-10-29/h2-5,8,13-16,18H,6-7,9-12H2,1H3,(H,27,30). The van der Waals surface area contributed by atoms with Crippen LogP contribution in [-0.4, -0.2) is 42.4 Å². The molecule has 1 aromatic heterocycles. The van der Waals surface area contributed by atoms with Crippen LogP contribution in [0.25, 0.3) is 11.1 Å². The van der Waals surface area contributed by atoms with Gasteiger partial charge in [-0.25, -0.2) is 0 Å². The van der Waals surface area contributed by atoms with Gasteiger partial charge in [-0.2, -0.15) is 5.10 Å². The number of aromatic nitrogens is 2. The summed E-state index contributed by atoms with van der Waals surface area (Å²) in [7, 11) is 0. The molecule has 1 aliphatic carbocycles. The molecule has 0 atom stereocenters. The number of aryl methyl sites for hydroxylation is 1. The van der Waals surface area contributed by atoms with Crippen LogP contribution >= 0.6 is 0 Å². The van der Waals surface area contributed by atoms with Gasteiger partial charge in [0, 0.05) is 24.5 Å². The lowest BCUT2D eigenvalue weighted by atomic mass is 9.99. The third-order valence-electron chi connectivity index (χ3n) is 5.99. The van der Waals surface area contributed by atoms with Crippen LogP contribution in [0.15, 0.2) is 54.7 Å². The fourth-order valence-electron chi connectivity index (χ4n) is 4.03. The zero-order valence-electron chi connectivity index (χ0n) is 17.7. The van der Waals surface area contributed by atoms with Crippen molar-refractivity contribution in [3.05, 3.63) is 71.5 Å². The van der Waals surface area contributed by atoms with E-state index in [1.165, 1.54) is 5.69 Å². The van der Waals surface area contributed by atoms with Crippen molar-refractivity contribution in [2.24, 2.45) is 0 Å². The Bertz CT molecular complexity index is 1100. The minimum absolute atomic E-state index is 0.230. The molecular weight excluding hydrogens is 388 g/mol. The first-order valence-corrected chi connectivity index (χ1v) is 10.8. The summed E-state index contributed by atoms with van der Waals surface area (Å²) in [6, 6.07) is 16.4. The SMILES string of the molecule is Cc1ccc(NC(=O)c2cc(C3CC3)cnn2)cc1-c1cccc(N2CCOCC2)c1. The highest BCUT2D eigenvalue weighted by molar-refractivity contribution is 6.03. The van der Waals surface area contributed by atoms with Crippen molar-refractivity contribution >= 4 is 17.3 Å². The van der Waals surface area contributed by atoms with Crippen molar-refractivity contribution in [1.82, 2.24) is 10.2 Å². The van der Waals surface area contributed by atoms with Crippen molar-refractivity contribution in [3.63, 3.8) is 0 Å². The third-order valence-corrected chi connectivity index (χ3v) is 5.99. The van der Waals surface area contributed by atoms with Gasteiger partial charge in [0.25, 0.3) is 5.91 Å². The average molecular weight is 415 g/mol. The topological polar surface area (TPSA) is 67.4 Å². The van der Waals surface area contributed by atoms with Crippen molar-refractivity contribution < 1.29 is 9.53 Å². The molecule has 3 aromatic rings. The van der Waals surface area contributed by atoms with Gasteiger partial charge in [0.1, 0.15) is 0 Å². The zero-order chi connectivity index (χ0) is 21.2. The molecule has 1 saturated heterocycles. The van der Waals surface area contributed by atoms with Gasteiger partial charge in [0.05, 0.1) is 19.4 Å². The predicted octanol–water partition coefficient (Wildman–Crippen LogP) is 4.42. The number of anilines is 2. The number of rotatable bonds is 5. The minimum atomic E-state index is -0.230. The average Bonchev–Trinajstić information content (AvgIpc) is 3.67. The maximum absolute atomic E-state index is 12.8. The molecule has 158 valence electrons. The molecule has 0 unspecified atom stereocenters. The molecular formula is C25H26N4O2. The third kappa shape index (κ3) is 4.44. The number of benzene rings is 2. The lowest BCUT2D eigenvalue weighted by Gasteiger charge is -2.29. The van der Waals surface area contributed by atoms with Gasteiger partial charge < -0.3 is 15.0 Å². The van der Waals surface area contributed by atoms with Gasteiger partial charge in [-0.15, -0.1) is 5.10 Å². The summed E-state index contributed by atoms with van der Waals surface area (Å²) in [5.41, 5.74) is 6.81. The fraction of sp³-hybridized carbons (Fsp3) is 0.320. The van der Waals surface area contributed by atoms with Gasteiger partial charge in [-0.3, -0.25) is 4.79 Å². The molecule has 31 heavy (non-hydrogen) atoms. The van der Waals surface area contributed by atoms with E-state index >= 15 is 0 Å². The van der Waals surface area contributed by atoms with Gasteiger partial charge in [0.2, 0.25) is 0 Å². The number of ether oxygens (including phenoxy) is 1. The van der Waals surface area contributed by atoms with E-state index in [4.69, 9.17) is 4.74 Å². The Morgan fingerprint density at radius 2 is 1.94 bits per heavy atom. The highest BCUT2D eigenvalue weighted by Gasteiger charge is 2.25.